The molecule has 0 aromatic heterocycles. The van der Waals surface area contributed by atoms with Gasteiger partial charge in [-0.2, -0.15) is 0 Å². The first-order valence-electron chi connectivity index (χ1n) is 8.71. The Morgan fingerprint density at radius 1 is 0.964 bits per heavy atom. The van der Waals surface area contributed by atoms with Crippen LogP contribution in [0, 0.1) is 5.82 Å². The van der Waals surface area contributed by atoms with Gasteiger partial charge in [-0.15, -0.1) is 12.4 Å². The van der Waals surface area contributed by atoms with Gasteiger partial charge < -0.3 is 10.1 Å². The topological polar surface area (TPSA) is 21.3 Å². The van der Waals surface area contributed by atoms with Gasteiger partial charge in [-0.05, 0) is 54.9 Å². The van der Waals surface area contributed by atoms with Crippen LogP contribution in [0.15, 0.2) is 71.2 Å². The number of hydrogen-bond donors (Lipinski definition) is 1. The second kappa shape index (κ2) is 11.4. The Morgan fingerprint density at radius 2 is 1.71 bits per heavy atom. The van der Waals surface area contributed by atoms with Crippen molar-refractivity contribution in [2.45, 2.75) is 19.6 Å². The third kappa shape index (κ3) is 6.78. The molecule has 0 saturated carbocycles. The second-order valence-corrected chi connectivity index (χ2v) is 7.51. The van der Waals surface area contributed by atoms with Gasteiger partial charge in [-0.1, -0.05) is 57.9 Å². The van der Waals surface area contributed by atoms with Crippen LogP contribution in [0.1, 0.15) is 16.7 Å². The van der Waals surface area contributed by atoms with Crippen LogP contribution in [0.2, 0.25) is 5.02 Å². The maximum Gasteiger partial charge on any atom is 0.124 e. The summed E-state index contributed by atoms with van der Waals surface area (Å²) < 4.78 is 20.0. The first kappa shape index (κ1) is 22.7. The number of ether oxygens (including phenoxy) is 1. The Hall–Kier alpha value is -1.59. The van der Waals surface area contributed by atoms with Gasteiger partial charge in [0.05, 0.1) is 0 Å². The molecule has 0 atom stereocenters. The predicted octanol–water partition coefficient (Wildman–Crippen LogP) is 6.57. The van der Waals surface area contributed by atoms with Crippen molar-refractivity contribution in [1.82, 2.24) is 5.32 Å². The molecule has 0 radical (unpaired) electrons. The molecule has 0 heterocycles. The maximum atomic E-state index is 13.0. The molecule has 148 valence electrons. The molecule has 0 unspecified atom stereocenters. The molecule has 28 heavy (non-hydrogen) atoms. The van der Waals surface area contributed by atoms with E-state index < -0.39 is 0 Å². The first-order valence-corrected chi connectivity index (χ1v) is 9.89. The summed E-state index contributed by atoms with van der Waals surface area (Å²) in [4.78, 5) is 0. The molecule has 0 aliphatic heterocycles. The third-order valence-electron chi connectivity index (χ3n) is 4.18. The quantitative estimate of drug-likeness (QED) is 0.365. The highest BCUT2D eigenvalue weighted by molar-refractivity contribution is 9.10. The van der Waals surface area contributed by atoms with Crippen molar-refractivity contribution in [1.29, 1.82) is 0 Å². The highest BCUT2D eigenvalue weighted by Crippen LogP contribution is 2.25. The van der Waals surface area contributed by atoms with E-state index in [1.807, 2.05) is 54.6 Å². The van der Waals surface area contributed by atoms with E-state index in [1.54, 1.807) is 0 Å². The zero-order chi connectivity index (χ0) is 19.1. The summed E-state index contributed by atoms with van der Waals surface area (Å²) in [6, 6.07) is 20.2. The lowest BCUT2D eigenvalue weighted by Gasteiger charge is -2.14. The molecule has 3 aromatic rings. The standard InChI is InChI=1S/C22H20BrClFNO.ClH/c23-19-7-10-22(27-15-17-3-1-2-4-21(17)24)18(13-19)14-26-12-11-16-5-8-20(25)9-6-16;/h1-10,13,26H,11-12,14-15H2;1H. The van der Waals surface area contributed by atoms with Crippen LogP contribution in [0.25, 0.3) is 0 Å². The number of halogens is 4. The molecular formula is C22H21BrCl2FNO. The highest BCUT2D eigenvalue weighted by Gasteiger charge is 2.07. The van der Waals surface area contributed by atoms with E-state index in [1.165, 1.54) is 12.1 Å². The molecular weight excluding hydrogens is 464 g/mol. The summed E-state index contributed by atoms with van der Waals surface area (Å²) in [7, 11) is 0. The summed E-state index contributed by atoms with van der Waals surface area (Å²) in [5.74, 6) is 0.619. The minimum absolute atomic E-state index is 0. The van der Waals surface area contributed by atoms with Gasteiger partial charge in [0.2, 0.25) is 0 Å². The average Bonchev–Trinajstić information content (AvgIpc) is 2.67. The van der Waals surface area contributed by atoms with Gasteiger partial charge in [-0.3, -0.25) is 0 Å². The summed E-state index contributed by atoms with van der Waals surface area (Å²) in [6.07, 6.45) is 0.837. The van der Waals surface area contributed by atoms with E-state index in [-0.39, 0.29) is 18.2 Å². The van der Waals surface area contributed by atoms with Crippen molar-refractivity contribution in [2.24, 2.45) is 0 Å². The Labute approximate surface area is 184 Å². The van der Waals surface area contributed by atoms with E-state index in [0.717, 1.165) is 39.9 Å². The van der Waals surface area contributed by atoms with Crippen molar-refractivity contribution in [3.05, 3.63) is 98.7 Å². The number of benzene rings is 3. The molecule has 2 nitrogen and oxygen atoms in total. The summed E-state index contributed by atoms with van der Waals surface area (Å²) >= 11 is 9.72. The molecule has 3 rings (SSSR count). The summed E-state index contributed by atoms with van der Waals surface area (Å²) in [5, 5.41) is 4.12. The van der Waals surface area contributed by atoms with Crippen molar-refractivity contribution in [3.63, 3.8) is 0 Å². The Bertz CT molecular complexity index is 890. The molecule has 1 N–H and O–H groups in total. The predicted molar refractivity (Wildman–Crippen MR) is 119 cm³/mol. The van der Waals surface area contributed by atoms with Gasteiger partial charge in [0.25, 0.3) is 0 Å². The van der Waals surface area contributed by atoms with Crippen molar-refractivity contribution >= 4 is 39.9 Å². The molecule has 0 spiro atoms. The van der Waals surface area contributed by atoms with Crippen LogP contribution in [-0.2, 0) is 19.6 Å². The minimum atomic E-state index is -0.207. The van der Waals surface area contributed by atoms with Gasteiger partial charge in [0, 0.05) is 27.2 Å². The third-order valence-corrected chi connectivity index (χ3v) is 5.04. The molecule has 3 aromatic carbocycles. The van der Waals surface area contributed by atoms with E-state index in [4.69, 9.17) is 16.3 Å². The van der Waals surface area contributed by atoms with Crippen molar-refractivity contribution < 1.29 is 9.13 Å². The zero-order valence-electron chi connectivity index (χ0n) is 15.1. The number of nitrogens with one attached hydrogen (secondary N) is 1. The van der Waals surface area contributed by atoms with Gasteiger partial charge in [0.15, 0.2) is 0 Å². The second-order valence-electron chi connectivity index (χ2n) is 6.19. The molecule has 0 saturated heterocycles. The molecule has 0 fully saturated rings. The Balaban J connectivity index is 0.00000280. The van der Waals surface area contributed by atoms with E-state index in [2.05, 4.69) is 21.2 Å². The summed E-state index contributed by atoms with van der Waals surface area (Å²) in [6.45, 7) is 1.89. The lowest BCUT2D eigenvalue weighted by atomic mass is 10.1. The number of hydrogen-bond acceptors (Lipinski definition) is 2. The van der Waals surface area contributed by atoms with E-state index >= 15 is 0 Å². The van der Waals surface area contributed by atoms with Crippen molar-refractivity contribution in [3.8, 4) is 5.75 Å². The van der Waals surface area contributed by atoms with Crippen LogP contribution >= 0.6 is 39.9 Å². The molecule has 0 amide bonds. The minimum Gasteiger partial charge on any atom is -0.489 e. The highest BCUT2D eigenvalue weighted by atomic mass is 79.9. The van der Waals surface area contributed by atoms with E-state index in [9.17, 15) is 4.39 Å². The molecule has 0 bridgehead atoms. The maximum absolute atomic E-state index is 13.0. The zero-order valence-corrected chi connectivity index (χ0v) is 18.3. The fourth-order valence-corrected chi connectivity index (χ4v) is 3.30. The van der Waals surface area contributed by atoms with Crippen LogP contribution in [0.4, 0.5) is 4.39 Å². The fraction of sp³-hybridized carbons (Fsp3) is 0.182. The lowest BCUT2D eigenvalue weighted by molar-refractivity contribution is 0.302. The largest absolute Gasteiger partial charge is 0.489 e. The summed E-state index contributed by atoms with van der Waals surface area (Å²) in [5.41, 5.74) is 3.13. The number of rotatable bonds is 8. The lowest BCUT2D eigenvalue weighted by Crippen LogP contribution is -2.17. The van der Waals surface area contributed by atoms with Gasteiger partial charge in [-0.25, -0.2) is 4.39 Å². The van der Waals surface area contributed by atoms with Crippen LogP contribution < -0.4 is 10.1 Å². The monoisotopic (exact) mass is 483 g/mol. The van der Waals surface area contributed by atoms with Crippen molar-refractivity contribution in [2.75, 3.05) is 6.54 Å². The molecule has 0 aliphatic rings. The van der Waals surface area contributed by atoms with Crippen LogP contribution in [0.3, 0.4) is 0 Å². The first-order chi connectivity index (χ1) is 13.1. The van der Waals surface area contributed by atoms with Gasteiger partial charge >= 0.3 is 0 Å². The Morgan fingerprint density at radius 3 is 2.46 bits per heavy atom. The fourth-order valence-electron chi connectivity index (χ4n) is 2.70. The SMILES string of the molecule is Cl.Fc1ccc(CCNCc2cc(Br)ccc2OCc2ccccc2Cl)cc1. The molecule has 0 aliphatic carbocycles. The van der Waals surface area contributed by atoms with E-state index in [0.29, 0.717) is 18.2 Å². The smallest absolute Gasteiger partial charge is 0.124 e. The van der Waals surface area contributed by atoms with Crippen LogP contribution in [-0.4, -0.2) is 6.54 Å². The normalized spacial score (nSPS) is 10.4. The van der Waals surface area contributed by atoms with Gasteiger partial charge in [0.1, 0.15) is 18.2 Å². The van der Waals surface area contributed by atoms with Crippen LogP contribution in [0.5, 0.6) is 5.75 Å². The molecule has 6 heteroatoms. The Kier molecular flexibility index (Phi) is 9.26. The average molecular weight is 485 g/mol.